The third kappa shape index (κ3) is 4.39. The zero-order valence-corrected chi connectivity index (χ0v) is 16.5. The number of sulfonamides is 1. The Bertz CT molecular complexity index is 975. The van der Waals surface area contributed by atoms with Crippen molar-refractivity contribution in [2.45, 2.75) is 30.2 Å². The summed E-state index contributed by atoms with van der Waals surface area (Å²) < 4.78 is 54.9. The normalized spacial score (nSPS) is 19.6. The Morgan fingerprint density at radius 1 is 1.07 bits per heavy atom. The van der Waals surface area contributed by atoms with E-state index in [1.165, 1.54) is 35.2 Å². The largest absolute Gasteiger partial charge is 0.349 e. The van der Waals surface area contributed by atoms with Crippen LogP contribution in [0.15, 0.2) is 47.4 Å². The molecule has 1 saturated carbocycles. The number of amides is 1. The van der Waals surface area contributed by atoms with Crippen LogP contribution in [0.1, 0.15) is 19.3 Å². The second-order valence-electron chi connectivity index (χ2n) is 7.21. The first-order valence-corrected chi connectivity index (χ1v) is 10.4. The van der Waals surface area contributed by atoms with Crippen LogP contribution in [0.3, 0.4) is 0 Å². The van der Waals surface area contributed by atoms with E-state index in [1.807, 2.05) is 0 Å². The van der Waals surface area contributed by atoms with Crippen molar-refractivity contribution in [2.75, 3.05) is 14.1 Å². The number of nitrogens with one attached hydrogen (secondary N) is 1. The van der Waals surface area contributed by atoms with E-state index < -0.39 is 21.7 Å². The van der Waals surface area contributed by atoms with E-state index in [4.69, 9.17) is 0 Å². The molecule has 1 amide bonds. The second-order valence-corrected chi connectivity index (χ2v) is 8.92. The molecule has 150 valence electrons. The van der Waals surface area contributed by atoms with Gasteiger partial charge in [0.1, 0.15) is 11.6 Å². The lowest BCUT2D eigenvalue weighted by atomic mass is 10.1. The highest BCUT2D eigenvalue weighted by molar-refractivity contribution is 7.89. The van der Waals surface area contributed by atoms with E-state index in [0.29, 0.717) is 24.8 Å². The molecule has 1 aliphatic carbocycles. The smallest absolute Gasteiger partial charge is 0.240 e. The maximum Gasteiger partial charge on any atom is 0.240 e. The molecule has 0 saturated heterocycles. The summed E-state index contributed by atoms with van der Waals surface area (Å²) in [5.74, 6) is -1.55. The van der Waals surface area contributed by atoms with Crippen LogP contribution >= 0.6 is 0 Å². The van der Waals surface area contributed by atoms with Gasteiger partial charge in [0.05, 0.1) is 4.90 Å². The number of hydrogen-bond acceptors (Lipinski definition) is 3. The van der Waals surface area contributed by atoms with Gasteiger partial charge in [-0.1, -0.05) is 12.1 Å². The van der Waals surface area contributed by atoms with Gasteiger partial charge in [-0.05, 0) is 49.1 Å². The molecule has 5 nitrogen and oxygen atoms in total. The van der Waals surface area contributed by atoms with E-state index in [0.717, 1.165) is 12.1 Å². The fourth-order valence-electron chi connectivity index (χ4n) is 3.50. The predicted molar refractivity (Wildman–Crippen MR) is 102 cm³/mol. The maximum absolute atomic E-state index is 13.9. The third-order valence-corrected chi connectivity index (χ3v) is 6.49. The van der Waals surface area contributed by atoms with Crippen LogP contribution in [0.4, 0.5) is 8.78 Å². The number of nitrogens with zero attached hydrogens (tertiary/aromatic N) is 1. The zero-order chi connectivity index (χ0) is 20.5. The lowest BCUT2D eigenvalue weighted by molar-refractivity contribution is -0.132. The minimum absolute atomic E-state index is 0.00683. The molecule has 2 aromatic carbocycles. The first-order chi connectivity index (χ1) is 13.2. The Labute approximate surface area is 163 Å². The van der Waals surface area contributed by atoms with Crippen molar-refractivity contribution in [3.63, 3.8) is 0 Å². The summed E-state index contributed by atoms with van der Waals surface area (Å²) in [6.07, 6.45) is 1.71. The number of halogens is 2. The van der Waals surface area contributed by atoms with E-state index in [1.54, 1.807) is 14.1 Å². The monoisotopic (exact) mass is 408 g/mol. The van der Waals surface area contributed by atoms with Gasteiger partial charge in [-0.2, -0.15) is 0 Å². The molecule has 3 rings (SSSR count). The molecule has 28 heavy (non-hydrogen) atoms. The van der Waals surface area contributed by atoms with Crippen LogP contribution in [0.5, 0.6) is 0 Å². The summed E-state index contributed by atoms with van der Waals surface area (Å²) in [7, 11) is -0.386. The molecule has 0 spiro atoms. The standard InChI is InChI=1S/C20H22F2N2O3S/c1-24(2)20(25)14-3-7-16(11-14)23-28(26,27)17-8-4-13(5-9-17)18-10-6-15(21)12-19(18)22/h4-6,8-10,12,14,16,23H,3,7,11H2,1-2H3/t14-,16+/m0/s1. The molecule has 2 aromatic rings. The van der Waals surface area contributed by atoms with Crippen LogP contribution in [-0.2, 0) is 14.8 Å². The summed E-state index contributed by atoms with van der Waals surface area (Å²) in [5, 5.41) is 0. The van der Waals surface area contributed by atoms with Crippen molar-refractivity contribution in [3.8, 4) is 11.1 Å². The summed E-state index contributed by atoms with van der Waals surface area (Å²) in [4.78, 5) is 13.6. The van der Waals surface area contributed by atoms with Crippen LogP contribution in [0.25, 0.3) is 11.1 Å². The molecule has 8 heteroatoms. The second kappa shape index (κ2) is 7.97. The Kier molecular flexibility index (Phi) is 5.81. The quantitative estimate of drug-likeness (QED) is 0.827. The Hall–Kier alpha value is -2.32. The molecule has 2 atom stereocenters. The number of rotatable bonds is 5. The predicted octanol–water partition coefficient (Wildman–Crippen LogP) is 3.17. The van der Waals surface area contributed by atoms with E-state index in [-0.39, 0.29) is 28.3 Å². The Morgan fingerprint density at radius 3 is 2.36 bits per heavy atom. The average molecular weight is 408 g/mol. The van der Waals surface area contributed by atoms with Crippen molar-refractivity contribution in [1.29, 1.82) is 0 Å². The zero-order valence-electron chi connectivity index (χ0n) is 15.7. The first kappa shape index (κ1) is 20.4. The van der Waals surface area contributed by atoms with Gasteiger partial charge < -0.3 is 4.90 Å². The van der Waals surface area contributed by atoms with Crippen LogP contribution in [0.2, 0.25) is 0 Å². The van der Waals surface area contributed by atoms with E-state index >= 15 is 0 Å². The maximum atomic E-state index is 13.9. The fourth-order valence-corrected chi connectivity index (χ4v) is 4.79. The summed E-state index contributed by atoms with van der Waals surface area (Å²) in [6.45, 7) is 0. The van der Waals surface area contributed by atoms with Gasteiger partial charge in [-0.25, -0.2) is 21.9 Å². The molecule has 0 aliphatic heterocycles. The molecule has 0 heterocycles. The van der Waals surface area contributed by atoms with Gasteiger partial charge in [0, 0.05) is 37.7 Å². The van der Waals surface area contributed by atoms with Crippen molar-refractivity contribution < 1.29 is 22.0 Å². The molecule has 0 aromatic heterocycles. The third-order valence-electron chi connectivity index (χ3n) is 4.95. The van der Waals surface area contributed by atoms with Crippen LogP contribution in [-0.4, -0.2) is 39.4 Å². The molecule has 0 radical (unpaired) electrons. The van der Waals surface area contributed by atoms with Gasteiger partial charge in [0.15, 0.2) is 0 Å². The fraction of sp³-hybridized carbons (Fsp3) is 0.350. The lowest BCUT2D eigenvalue weighted by Gasteiger charge is -2.17. The summed E-state index contributed by atoms with van der Waals surface area (Å²) >= 11 is 0. The van der Waals surface area contributed by atoms with Crippen molar-refractivity contribution in [1.82, 2.24) is 9.62 Å². The average Bonchev–Trinajstić information content (AvgIpc) is 3.08. The van der Waals surface area contributed by atoms with Gasteiger partial charge in [-0.15, -0.1) is 0 Å². The van der Waals surface area contributed by atoms with E-state index in [2.05, 4.69) is 4.72 Å². The summed E-state index contributed by atoms with van der Waals surface area (Å²) in [6, 6.07) is 8.69. The van der Waals surface area contributed by atoms with Gasteiger partial charge in [-0.3, -0.25) is 4.79 Å². The number of carbonyl (C=O) groups excluding carboxylic acids is 1. The first-order valence-electron chi connectivity index (χ1n) is 8.96. The SMILES string of the molecule is CN(C)C(=O)[C@H]1CC[C@@H](NS(=O)(=O)c2ccc(-c3ccc(F)cc3F)cc2)C1. The van der Waals surface area contributed by atoms with Gasteiger partial charge in [0.2, 0.25) is 15.9 Å². The minimum atomic E-state index is -3.76. The van der Waals surface area contributed by atoms with Crippen molar-refractivity contribution in [2.24, 2.45) is 5.92 Å². The number of carbonyl (C=O) groups is 1. The topological polar surface area (TPSA) is 66.5 Å². The highest BCUT2D eigenvalue weighted by Crippen LogP contribution is 2.29. The van der Waals surface area contributed by atoms with Crippen LogP contribution in [0, 0.1) is 17.6 Å². The molecule has 1 N–H and O–H groups in total. The molecule has 0 unspecified atom stereocenters. The number of benzene rings is 2. The Morgan fingerprint density at radius 2 is 1.75 bits per heavy atom. The van der Waals surface area contributed by atoms with E-state index in [9.17, 15) is 22.0 Å². The van der Waals surface area contributed by atoms with Crippen LogP contribution < -0.4 is 4.72 Å². The minimum Gasteiger partial charge on any atom is -0.349 e. The number of hydrogen-bond donors (Lipinski definition) is 1. The molecule has 1 fully saturated rings. The Balaban J connectivity index is 1.72. The highest BCUT2D eigenvalue weighted by Gasteiger charge is 2.33. The van der Waals surface area contributed by atoms with Crippen molar-refractivity contribution in [3.05, 3.63) is 54.1 Å². The molecule has 1 aliphatic rings. The highest BCUT2D eigenvalue weighted by atomic mass is 32.2. The molecular weight excluding hydrogens is 386 g/mol. The molecular formula is C20H22F2N2O3S. The lowest BCUT2D eigenvalue weighted by Crippen LogP contribution is -2.34. The van der Waals surface area contributed by atoms with Gasteiger partial charge >= 0.3 is 0 Å². The van der Waals surface area contributed by atoms with Gasteiger partial charge in [0.25, 0.3) is 0 Å². The summed E-state index contributed by atoms with van der Waals surface area (Å²) in [5.41, 5.74) is 0.646. The molecule has 0 bridgehead atoms. The van der Waals surface area contributed by atoms with Crippen molar-refractivity contribution >= 4 is 15.9 Å².